The Labute approximate surface area is 97.0 Å². The molecular formula is C11H8Cl2O2. The fourth-order valence-corrected chi connectivity index (χ4v) is 1.89. The first-order valence-corrected chi connectivity index (χ1v) is 5.10. The van der Waals surface area contributed by atoms with Crippen molar-refractivity contribution in [3.05, 3.63) is 58.0 Å². The summed E-state index contributed by atoms with van der Waals surface area (Å²) >= 11 is 11.7. The Morgan fingerprint density at radius 3 is 2.33 bits per heavy atom. The van der Waals surface area contributed by atoms with Crippen LogP contribution in [0.2, 0.25) is 10.0 Å². The molecule has 1 heterocycles. The highest BCUT2D eigenvalue weighted by Crippen LogP contribution is 2.27. The van der Waals surface area contributed by atoms with E-state index in [1.54, 1.807) is 30.3 Å². The minimum Gasteiger partial charge on any atom is -0.466 e. The predicted molar refractivity (Wildman–Crippen MR) is 59.2 cm³/mol. The molecule has 78 valence electrons. The molecule has 2 aromatic rings. The second-order valence-corrected chi connectivity index (χ2v) is 3.99. The third-order valence-electron chi connectivity index (χ3n) is 2.01. The molecule has 0 saturated heterocycles. The largest absolute Gasteiger partial charge is 0.466 e. The van der Waals surface area contributed by atoms with Crippen LogP contribution in [0.1, 0.15) is 17.4 Å². The van der Waals surface area contributed by atoms with Gasteiger partial charge in [0.05, 0.1) is 6.26 Å². The average Bonchev–Trinajstić information content (AvgIpc) is 2.67. The lowest BCUT2D eigenvalue weighted by Crippen LogP contribution is -1.97. The van der Waals surface area contributed by atoms with E-state index in [9.17, 15) is 5.11 Å². The van der Waals surface area contributed by atoms with Crippen molar-refractivity contribution < 1.29 is 9.52 Å². The van der Waals surface area contributed by atoms with Gasteiger partial charge in [0.1, 0.15) is 11.9 Å². The second kappa shape index (κ2) is 4.27. The van der Waals surface area contributed by atoms with Crippen molar-refractivity contribution in [3.8, 4) is 0 Å². The van der Waals surface area contributed by atoms with Crippen LogP contribution in [0.5, 0.6) is 0 Å². The molecule has 1 aromatic heterocycles. The van der Waals surface area contributed by atoms with Gasteiger partial charge in [0.25, 0.3) is 0 Å². The van der Waals surface area contributed by atoms with Gasteiger partial charge >= 0.3 is 0 Å². The van der Waals surface area contributed by atoms with Crippen LogP contribution < -0.4 is 0 Å². The maximum atomic E-state index is 9.92. The molecule has 15 heavy (non-hydrogen) atoms. The number of benzene rings is 1. The average molecular weight is 243 g/mol. The number of aliphatic hydroxyl groups is 1. The first kappa shape index (κ1) is 10.6. The highest BCUT2D eigenvalue weighted by molar-refractivity contribution is 6.34. The van der Waals surface area contributed by atoms with E-state index < -0.39 is 6.10 Å². The summed E-state index contributed by atoms with van der Waals surface area (Å²) in [5.41, 5.74) is 0.613. The van der Waals surface area contributed by atoms with Gasteiger partial charge in [-0.25, -0.2) is 0 Å². The molecule has 0 aliphatic heterocycles. The molecule has 0 bridgehead atoms. The highest BCUT2D eigenvalue weighted by Gasteiger charge is 2.14. The Bertz CT molecular complexity index is 431. The molecule has 0 amide bonds. The van der Waals surface area contributed by atoms with Crippen molar-refractivity contribution in [2.45, 2.75) is 6.10 Å². The molecular weight excluding hydrogens is 235 g/mol. The van der Waals surface area contributed by atoms with Crippen molar-refractivity contribution in [2.24, 2.45) is 0 Å². The number of furan rings is 1. The van der Waals surface area contributed by atoms with E-state index >= 15 is 0 Å². The Morgan fingerprint density at radius 2 is 1.80 bits per heavy atom. The molecule has 0 unspecified atom stereocenters. The van der Waals surface area contributed by atoms with E-state index in [2.05, 4.69) is 0 Å². The number of rotatable bonds is 2. The molecule has 0 radical (unpaired) electrons. The number of halogens is 2. The quantitative estimate of drug-likeness (QED) is 0.872. The lowest BCUT2D eigenvalue weighted by atomic mass is 10.1. The summed E-state index contributed by atoms with van der Waals surface area (Å²) < 4.78 is 5.09. The minimum atomic E-state index is -0.837. The summed E-state index contributed by atoms with van der Waals surface area (Å²) in [5, 5.41) is 10.9. The highest BCUT2D eigenvalue weighted by atomic mass is 35.5. The van der Waals surface area contributed by atoms with Crippen LogP contribution in [0.25, 0.3) is 0 Å². The van der Waals surface area contributed by atoms with Gasteiger partial charge in [0, 0.05) is 10.0 Å². The summed E-state index contributed by atoms with van der Waals surface area (Å²) in [4.78, 5) is 0. The third kappa shape index (κ3) is 2.34. The molecule has 0 aliphatic carbocycles. The summed E-state index contributed by atoms with van der Waals surface area (Å²) in [6, 6.07) is 8.33. The van der Waals surface area contributed by atoms with Gasteiger partial charge in [-0.15, -0.1) is 0 Å². The lowest BCUT2D eigenvalue weighted by molar-refractivity contribution is 0.189. The zero-order valence-electron chi connectivity index (χ0n) is 7.65. The summed E-state index contributed by atoms with van der Waals surface area (Å²) in [7, 11) is 0. The van der Waals surface area contributed by atoms with E-state index in [4.69, 9.17) is 27.6 Å². The molecule has 0 spiro atoms. The number of hydrogen-bond donors (Lipinski definition) is 1. The Morgan fingerprint density at radius 1 is 1.13 bits per heavy atom. The molecule has 4 heteroatoms. The van der Waals surface area contributed by atoms with Crippen LogP contribution in [0.4, 0.5) is 0 Å². The van der Waals surface area contributed by atoms with Crippen LogP contribution in [0.3, 0.4) is 0 Å². The van der Waals surface area contributed by atoms with Crippen molar-refractivity contribution in [1.82, 2.24) is 0 Å². The molecule has 0 saturated carbocycles. The van der Waals surface area contributed by atoms with Crippen LogP contribution in [0.15, 0.2) is 41.0 Å². The van der Waals surface area contributed by atoms with E-state index in [0.717, 1.165) is 0 Å². The molecule has 0 fully saturated rings. The molecule has 0 aliphatic rings. The summed E-state index contributed by atoms with van der Waals surface area (Å²) in [6.07, 6.45) is 0.668. The zero-order chi connectivity index (χ0) is 10.8. The number of hydrogen-bond acceptors (Lipinski definition) is 2. The van der Waals surface area contributed by atoms with E-state index in [1.165, 1.54) is 6.26 Å². The Hall–Kier alpha value is -0.960. The monoisotopic (exact) mass is 242 g/mol. The van der Waals surface area contributed by atoms with Crippen molar-refractivity contribution >= 4 is 23.2 Å². The standard InChI is InChI=1S/C11H8Cl2O2/c12-8-4-7(5-9(13)6-8)11(14)10-2-1-3-15-10/h1-6,11,14H/t11-/m1/s1. The second-order valence-electron chi connectivity index (χ2n) is 3.12. The first-order valence-electron chi connectivity index (χ1n) is 4.34. The molecule has 1 atom stereocenters. The van der Waals surface area contributed by atoms with E-state index in [1.807, 2.05) is 0 Å². The molecule has 2 rings (SSSR count). The van der Waals surface area contributed by atoms with E-state index in [0.29, 0.717) is 21.4 Å². The minimum absolute atomic E-state index is 0.466. The van der Waals surface area contributed by atoms with Gasteiger partial charge in [-0.2, -0.15) is 0 Å². The van der Waals surface area contributed by atoms with Gasteiger partial charge in [0.15, 0.2) is 0 Å². The van der Waals surface area contributed by atoms with Crippen molar-refractivity contribution in [3.63, 3.8) is 0 Å². The number of aliphatic hydroxyl groups excluding tert-OH is 1. The molecule has 1 N–H and O–H groups in total. The predicted octanol–water partition coefficient (Wildman–Crippen LogP) is 3.67. The maximum Gasteiger partial charge on any atom is 0.137 e. The zero-order valence-corrected chi connectivity index (χ0v) is 9.16. The van der Waals surface area contributed by atoms with Crippen LogP contribution in [-0.2, 0) is 0 Å². The summed E-state index contributed by atoms with van der Waals surface area (Å²) in [5.74, 6) is 0.466. The van der Waals surface area contributed by atoms with Gasteiger partial charge in [-0.05, 0) is 35.9 Å². The van der Waals surface area contributed by atoms with Crippen molar-refractivity contribution in [1.29, 1.82) is 0 Å². The van der Waals surface area contributed by atoms with Crippen molar-refractivity contribution in [2.75, 3.05) is 0 Å². The van der Waals surface area contributed by atoms with Crippen LogP contribution >= 0.6 is 23.2 Å². The van der Waals surface area contributed by atoms with Gasteiger partial charge in [0.2, 0.25) is 0 Å². The normalized spacial score (nSPS) is 12.7. The lowest BCUT2D eigenvalue weighted by Gasteiger charge is -2.08. The van der Waals surface area contributed by atoms with E-state index in [-0.39, 0.29) is 0 Å². The van der Waals surface area contributed by atoms with Gasteiger partial charge in [-0.3, -0.25) is 0 Å². The SMILES string of the molecule is O[C@H](c1cc(Cl)cc(Cl)c1)c1ccco1. The Balaban J connectivity index is 2.37. The maximum absolute atomic E-state index is 9.92. The summed E-state index contributed by atoms with van der Waals surface area (Å²) in [6.45, 7) is 0. The fourth-order valence-electron chi connectivity index (χ4n) is 1.34. The topological polar surface area (TPSA) is 33.4 Å². The first-order chi connectivity index (χ1) is 7.16. The Kier molecular flexibility index (Phi) is 3.00. The third-order valence-corrected chi connectivity index (χ3v) is 2.45. The van der Waals surface area contributed by atoms with Crippen LogP contribution in [-0.4, -0.2) is 5.11 Å². The van der Waals surface area contributed by atoms with Gasteiger partial charge in [-0.1, -0.05) is 23.2 Å². The van der Waals surface area contributed by atoms with Crippen LogP contribution in [0, 0.1) is 0 Å². The smallest absolute Gasteiger partial charge is 0.137 e. The molecule has 1 aromatic carbocycles. The fraction of sp³-hybridized carbons (Fsp3) is 0.0909. The van der Waals surface area contributed by atoms with Gasteiger partial charge < -0.3 is 9.52 Å². The molecule has 2 nitrogen and oxygen atoms in total.